The molecule has 24 heavy (non-hydrogen) atoms. The fourth-order valence-electron chi connectivity index (χ4n) is 2.26. The number of hydrogen-bond acceptors (Lipinski definition) is 4. The molecule has 1 aromatic rings. The Hall–Kier alpha value is -1.78. The lowest BCUT2D eigenvalue weighted by Crippen LogP contribution is -2.51. The van der Waals surface area contributed by atoms with E-state index in [-0.39, 0.29) is 26.2 Å². The van der Waals surface area contributed by atoms with Crippen LogP contribution in [0.5, 0.6) is 5.75 Å². The second-order valence-corrected chi connectivity index (χ2v) is 5.22. The van der Waals surface area contributed by atoms with Gasteiger partial charge in [0.05, 0.1) is 12.7 Å². The topological polar surface area (TPSA) is 28.6 Å². The number of anilines is 1. The molecule has 0 spiro atoms. The molecule has 136 valence electrons. The maximum Gasteiger partial charge on any atom is 0.573 e. The highest BCUT2D eigenvalue weighted by atomic mass is 19.4. The summed E-state index contributed by atoms with van der Waals surface area (Å²) in [6.45, 7) is -0.322. The average molecular weight is 361 g/mol. The number of ether oxygens (including phenoxy) is 1. The summed E-state index contributed by atoms with van der Waals surface area (Å²) in [7, 11) is 0. The lowest BCUT2D eigenvalue weighted by Gasteiger charge is -2.36. The highest BCUT2D eigenvalue weighted by Gasteiger charge is 2.42. The van der Waals surface area contributed by atoms with Gasteiger partial charge in [0.1, 0.15) is 11.6 Å². The first-order chi connectivity index (χ1) is 11.1. The summed E-state index contributed by atoms with van der Waals surface area (Å²) in [5.74, 6) is -4.19. The van der Waals surface area contributed by atoms with Crippen LogP contribution in [0.3, 0.4) is 0 Å². The Morgan fingerprint density at radius 3 is 2.12 bits per heavy atom. The molecule has 0 aliphatic carbocycles. The second-order valence-electron chi connectivity index (χ2n) is 5.22. The molecule has 2 rings (SSSR count). The van der Waals surface area contributed by atoms with E-state index < -0.39 is 31.0 Å². The number of piperazine rings is 1. The van der Waals surface area contributed by atoms with Gasteiger partial charge in [-0.2, -0.15) is 8.78 Å². The molecule has 2 heterocycles. The van der Waals surface area contributed by atoms with E-state index >= 15 is 0 Å². The van der Waals surface area contributed by atoms with Crippen molar-refractivity contribution in [2.45, 2.75) is 18.7 Å². The molecule has 11 heteroatoms. The summed E-state index contributed by atoms with van der Waals surface area (Å²) in [4.78, 5) is 6.70. The van der Waals surface area contributed by atoms with E-state index in [1.807, 2.05) is 0 Å². The fraction of sp³-hybridized carbons (Fsp3) is 0.615. The third kappa shape index (κ3) is 5.11. The summed E-state index contributed by atoms with van der Waals surface area (Å²) in [5.41, 5.74) is 0. The van der Waals surface area contributed by atoms with Crippen LogP contribution in [0.2, 0.25) is 0 Å². The normalized spacial score (nSPS) is 17.4. The van der Waals surface area contributed by atoms with E-state index in [0.717, 1.165) is 12.3 Å². The highest BCUT2D eigenvalue weighted by Crippen LogP contribution is 2.26. The molecule has 1 aliphatic heterocycles. The Balaban J connectivity index is 1.88. The van der Waals surface area contributed by atoms with Crippen molar-refractivity contribution in [2.75, 3.05) is 37.6 Å². The van der Waals surface area contributed by atoms with Crippen LogP contribution in [0.15, 0.2) is 18.3 Å². The average Bonchev–Trinajstić information content (AvgIpc) is 2.47. The molecule has 0 bridgehead atoms. The van der Waals surface area contributed by atoms with Gasteiger partial charge in [0.15, 0.2) is 0 Å². The summed E-state index contributed by atoms with van der Waals surface area (Å²) in [6.07, 6.45) is -7.64. The molecule has 0 atom stereocenters. The third-order valence-electron chi connectivity index (χ3n) is 3.40. The van der Waals surface area contributed by atoms with Gasteiger partial charge in [-0.25, -0.2) is 13.8 Å². The van der Waals surface area contributed by atoms with Crippen LogP contribution in [0.25, 0.3) is 0 Å². The third-order valence-corrected chi connectivity index (χ3v) is 3.40. The first-order valence-electron chi connectivity index (χ1n) is 6.92. The van der Waals surface area contributed by atoms with Gasteiger partial charge in [-0.1, -0.05) is 0 Å². The van der Waals surface area contributed by atoms with Crippen molar-refractivity contribution in [3.05, 3.63) is 18.3 Å². The summed E-state index contributed by atoms with van der Waals surface area (Å²) >= 11 is 0. The minimum atomic E-state index is -4.81. The van der Waals surface area contributed by atoms with Crippen LogP contribution in [0, 0.1) is 0 Å². The zero-order chi connectivity index (χ0) is 18.0. The van der Waals surface area contributed by atoms with E-state index in [1.54, 1.807) is 4.90 Å². The van der Waals surface area contributed by atoms with Gasteiger partial charge in [-0.05, 0) is 12.1 Å². The van der Waals surface area contributed by atoms with Gasteiger partial charge in [0, 0.05) is 26.2 Å². The molecule has 1 saturated heterocycles. The lowest BCUT2D eigenvalue weighted by molar-refractivity contribution is -0.274. The van der Waals surface area contributed by atoms with Gasteiger partial charge < -0.3 is 9.64 Å². The molecule has 0 saturated carbocycles. The number of alkyl halides is 7. The minimum Gasteiger partial charge on any atom is -0.404 e. The van der Waals surface area contributed by atoms with Crippen molar-refractivity contribution in [1.82, 2.24) is 9.88 Å². The molecule has 0 N–H and O–H groups in total. The zero-order valence-electron chi connectivity index (χ0n) is 12.2. The second kappa shape index (κ2) is 6.99. The minimum absolute atomic E-state index is 0.116. The molecule has 1 aliphatic rings. The molecule has 4 nitrogen and oxygen atoms in total. The molecule has 0 amide bonds. The Bertz CT molecular complexity index is 527. The number of hydrogen-bond donors (Lipinski definition) is 0. The lowest BCUT2D eigenvalue weighted by atomic mass is 10.2. The van der Waals surface area contributed by atoms with E-state index in [1.165, 1.54) is 11.0 Å². The predicted octanol–water partition coefficient (Wildman–Crippen LogP) is 3.00. The van der Waals surface area contributed by atoms with E-state index in [2.05, 4.69) is 9.72 Å². The molecule has 1 aromatic heterocycles. The standard InChI is InChI=1S/C13H14F7N3O/c14-11(15)12(16,17)8-22-3-5-23(6-4-22)10-2-1-9(7-21-10)24-13(18,19)20/h1-2,7,11H,3-6,8H2. The van der Waals surface area contributed by atoms with Gasteiger partial charge >= 0.3 is 18.7 Å². The van der Waals surface area contributed by atoms with Crippen molar-refractivity contribution < 1.29 is 35.5 Å². The van der Waals surface area contributed by atoms with Crippen LogP contribution in [-0.2, 0) is 0 Å². The Morgan fingerprint density at radius 2 is 1.67 bits per heavy atom. The zero-order valence-corrected chi connectivity index (χ0v) is 12.2. The number of nitrogens with zero attached hydrogens (tertiary/aromatic N) is 3. The largest absolute Gasteiger partial charge is 0.573 e. The molecule has 0 radical (unpaired) electrons. The molecular weight excluding hydrogens is 347 g/mol. The van der Waals surface area contributed by atoms with Crippen LogP contribution in [0.1, 0.15) is 0 Å². The Labute approximate surface area is 132 Å². The number of pyridine rings is 1. The van der Waals surface area contributed by atoms with Crippen molar-refractivity contribution in [3.8, 4) is 5.75 Å². The molecular formula is C13H14F7N3O. The van der Waals surface area contributed by atoms with Crippen molar-refractivity contribution in [3.63, 3.8) is 0 Å². The smallest absolute Gasteiger partial charge is 0.404 e. The van der Waals surface area contributed by atoms with Crippen LogP contribution < -0.4 is 9.64 Å². The maximum absolute atomic E-state index is 13.0. The van der Waals surface area contributed by atoms with Crippen LogP contribution >= 0.6 is 0 Å². The fourth-order valence-corrected chi connectivity index (χ4v) is 2.26. The van der Waals surface area contributed by atoms with Crippen LogP contribution in [0.4, 0.5) is 36.6 Å². The summed E-state index contributed by atoms with van der Waals surface area (Å²) < 4.78 is 90.2. The Kier molecular flexibility index (Phi) is 5.41. The first kappa shape index (κ1) is 18.6. The van der Waals surface area contributed by atoms with Crippen molar-refractivity contribution >= 4 is 5.82 Å². The maximum atomic E-state index is 13.0. The van der Waals surface area contributed by atoms with Crippen molar-refractivity contribution in [2.24, 2.45) is 0 Å². The monoisotopic (exact) mass is 361 g/mol. The van der Waals surface area contributed by atoms with Gasteiger partial charge in [0.2, 0.25) is 0 Å². The highest BCUT2D eigenvalue weighted by molar-refractivity contribution is 5.41. The van der Waals surface area contributed by atoms with Crippen molar-refractivity contribution in [1.29, 1.82) is 0 Å². The van der Waals surface area contributed by atoms with E-state index in [9.17, 15) is 30.7 Å². The summed E-state index contributed by atoms with van der Waals surface area (Å²) in [5, 5.41) is 0. The quantitative estimate of drug-likeness (QED) is 0.754. The van der Waals surface area contributed by atoms with Gasteiger partial charge in [-0.3, -0.25) is 4.90 Å². The SMILES string of the molecule is FC(F)C(F)(F)CN1CCN(c2ccc(OC(F)(F)F)cn2)CC1. The molecule has 0 unspecified atom stereocenters. The van der Waals surface area contributed by atoms with Gasteiger partial charge in [0.25, 0.3) is 0 Å². The first-order valence-corrected chi connectivity index (χ1v) is 6.92. The van der Waals surface area contributed by atoms with Gasteiger partial charge in [-0.15, -0.1) is 13.2 Å². The van der Waals surface area contributed by atoms with Crippen LogP contribution in [-0.4, -0.2) is 61.3 Å². The van der Waals surface area contributed by atoms with E-state index in [0.29, 0.717) is 5.82 Å². The molecule has 0 aromatic carbocycles. The Morgan fingerprint density at radius 1 is 1.04 bits per heavy atom. The molecule has 1 fully saturated rings. The number of aromatic nitrogens is 1. The predicted molar refractivity (Wildman–Crippen MR) is 70.5 cm³/mol. The number of rotatable bonds is 5. The van der Waals surface area contributed by atoms with E-state index in [4.69, 9.17) is 0 Å². The summed E-state index contributed by atoms with van der Waals surface area (Å²) in [6, 6.07) is 2.40. The number of halogens is 7.